The van der Waals surface area contributed by atoms with E-state index in [4.69, 9.17) is 5.73 Å². The molecule has 0 bridgehead atoms. The Hall–Kier alpha value is -1.06. The number of amides is 1. The second-order valence-electron chi connectivity index (χ2n) is 7.71. The number of benzene rings is 1. The molecule has 0 heterocycles. The van der Waals surface area contributed by atoms with Crippen LogP contribution in [-0.4, -0.2) is 22.9 Å². The summed E-state index contributed by atoms with van der Waals surface area (Å²) in [6.45, 7) is 5.17. The highest BCUT2D eigenvalue weighted by atomic mass is 35.5. The van der Waals surface area contributed by atoms with Crippen LogP contribution in [0, 0.1) is 5.92 Å². The Balaban J connectivity index is 0.00000208. The Bertz CT molecular complexity index is 539. The van der Waals surface area contributed by atoms with Crippen molar-refractivity contribution in [3.63, 3.8) is 0 Å². The van der Waals surface area contributed by atoms with E-state index >= 15 is 0 Å². The number of hydrogen-bond donors (Lipinski definition) is 1. The lowest BCUT2D eigenvalue weighted by Gasteiger charge is -2.25. The highest BCUT2D eigenvalue weighted by molar-refractivity contribution is 5.85. The van der Waals surface area contributed by atoms with Crippen LogP contribution in [0.1, 0.15) is 69.4 Å². The van der Waals surface area contributed by atoms with Gasteiger partial charge in [-0.3, -0.25) is 4.79 Å². The Morgan fingerprint density at radius 1 is 1.17 bits per heavy atom. The van der Waals surface area contributed by atoms with E-state index < -0.39 is 0 Å². The lowest BCUT2D eigenvalue weighted by Crippen LogP contribution is -2.36. The average Bonchev–Trinajstić information content (AvgIpc) is 3.29. The summed E-state index contributed by atoms with van der Waals surface area (Å²) < 4.78 is 0. The largest absolute Gasteiger partial charge is 0.335 e. The lowest BCUT2D eigenvalue weighted by atomic mass is 9.99. The molecule has 1 aromatic carbocycles. The number of hydrogen-bond acceptors (Lipinski definition) is 2. The first-order valence-corrected chi connectivity index (χ1v) is 9.18. The summed E-state index contributed by atoms with van der Waals surface area (Å²) >= 11 is 0. The second-order valence-corrected chi connectivity index (χ2v) is 7.71. The SMILES string of the molecule is CC(C)c1ccc(CN(C(=O)C[C@@H]2CCC[C@H]2N)C2CC2)cc1.Cl. The highest BCUT2D eigenvalue weighted by Crippen LogP contribution is 2.32. The van der Waals surface area contributed by atoms with Crippen LogP contribution in [0.15, 0.2) is 24.3 Å². The van der Waals surface area contributed by atoms with E-state index in [-0.39, 0.29) is 18.4 Å². The van der Waals surface area contributed by atoms with Crippen molar-refractivity contribution in [3.05, 3.63) is 35.4 Å². The molecule has 2 N–H and O–H groups in total. The molecule has 24 heavy (non-hydrogen) atoms. The van der Waals surface area contributed by atoms with Gasteiger partial charge in [0.2, 0.25) is 5.91 Å². The molecule has 4 heteroatoms. The molecule has 2 aliphatic rings. The second kappa shape index (κ2) is 8.35. The van der Waals surface area contributed by atoms with Gasteiger partial charge in [0.05, 0.1) is 0 Å². The van der Waals surface area contributed by atoms with E-state index in [9.17, 15) is 4.79 Å². The van der Waals surface area contributed by atoms with Crippen LogP contribution in [0.4, 0.5) is 0 Å². The Labute approximate surface area is 152 Å². The van der Waals surface area contributed by atoms with Gasteiger partial charge in [0.15, 0.2) is 0 Å². The molecule has 0 aliphatic heterocycles. The maximum atomic E-state index is 12.8. The van der Waals surface area contributed by atoms with Crippen LogP contribution < -0.4 is 5.73 Å². The van der Waals surface area contributed by atoms with Gasteiger partial charge < -0.3 is 10.6 Å². The van der Waals surface area contributed by atoms with Crippen molar-refractivity contribution in [3.8, 4) is 0 Å². The quantitative estimate of drug-likeness (QED) is 0.834. The predicted octanol–water partition coefficient (Wildman–Crippen LogP) is 4.24. The molecule has 0 radical (unpaired) electrons. The molecular formula is C20H31ClN2O. The summed E-state index contributed by atoms with van der Waals surface area (Å²) in [5.41, 5.74) is 8.74. The molecule has 2 aliphatic carbocycles. The summed E-state index contributed by atoms with van der Waals surface area (Å²) in [5.74, 6) is 1.25. The van der Waals surface area contributed by atoms with Gasteiger partial charge in [0, 0.05) is 25.0 Å². The Kier molecular flexibility index (Phi) is 6.70. The van der Waals surface area contributed by atoms with Gasteiger partial charge in [-0.05, 0) is 48.6 Å². The summed E-state index contributed by atoms with van der Waals surface area (Å²) in [6.07, 6.45) is 6.34. The first-order valence-electron chi connectivity index (χ1n) is 9.18. The van der Waals surface area contributed by atoms with Crippen LogP contribution >= 0.6 is 12.4 Å². The minimum absolute atomic E-state index is 0. The Morgan fingerprint density at radius 3 is 2.33 bits per heavy atom. The maximum absolute atomic E-state index is 12.8. The number of nitrogens with zero attached hydrogens (tertiary/aromatic N) is 1. The first kappa shape index (κ1) is 19.3. The van der Waals surface area contributed by atoms with E-state index in [1.165, 1.54) is 17.5 Å². The van der Waals surface area contributed by atoms with Crippen LogP contribution in [0.5, 0.6) is 0 Å². The third-order valence-electron chi connectivity index (χ3n) is 5.46. The highest BCUT2D eigenvalue weighted by Gasteiger charge is 2.35. The topological polar surface area (TPSA) is 46.3 Å². The molecule has 3 rings (SSSR count). The molecule has 1 aromatic rings. The fraction of sp³-hybridized carbons (Fsp3) is 0.650. The average molecular weight is 351 g/mol. The van der Waals surface area contributed by atoms with Crippen molar-refractivity contribution in [1.82, 2.24) is 4.90 Å². The molecule has 2 saturated carbocycles. The number of carbonyl (C=O) groups is 1. The van der Waals surface area contributed by atoms with Crippen LogP contribution in [0.25, 0.3) is 0 Å². The predicted molar refractivity (Wildman–Crippen MR) is 101 cm³/mol. The summed E-state index contributed by atoms with van der Waals surface area (Å²) in [5, 5.41) is 0. The molecule has 0 spiro atoms. The smallest absolute Gasteiger partial charge is 0.223 e. The lowest BCUT2D eigenvalue weighted by molar-refractivity contribution is -0.133. The van der Waals surface area contributed by atoms with Crippen molar-refractivity contribution in [1.29, 1.82) is 0 Å². The molecule has 134 valence electrons. The van der Waals surface area contributed by atoms with E-state index in [2.05, 4.69) is 43.0 Å². The van der Waals surface area contributed by atoms with E-state index in [0.29, 0.717) is 30.2 Å². The molecule has 2 atom stereocenters. The number of carbonyl (C=O) groups excluding carboxylic acids is 1. The van der Waals surface area contributed by atoms with Crippen molar-refractivity contribution >= 4 is 18.3 Å². The number of rotatable bonds is 6. The molecule has 0 unspecified atom stereocenters. The number of halogens is 1. The van der Waals surface area contributed by atoms with E-state index in [1.807, 2.05) is 0 Å². The van der Waals surface area contributed by atoms with E-state index in [0.717, 1.165) is 32.2 Å². The zero-order chi connectivity index (χ0) is 16.4. The van der Waals surface area contributed by atoms with Crippen molar-refractivity contribution in [2.45, 2.75) is 76.9 Å². The standard InChI is InChI=1S/C20H30N2O.ClH/c1-14(2)16-8-6-15(7-9-16)13-22(18-10-11-18)20(23)12-17-4-3-5-19(17)21;/h6-9,14,17-19H,3-5,10-13,21H2,1-2H3;1H/t17-,19+;/m0./s1. The molecular weight excluding hydrogens is 320 g/mol. The van der Waals surface area contributed by atoms with Crippen LogP contribution in [0.2, 0.25) is 0 Å². The summed E-state index contributed by atoms with van der Waals surface area (Å²) in [7, 11) is 0. The molecule has 2 fully saturated rings. The van der Waals surface area contributed by atoms with Gasteiger partial charge in [-0.15, -0.1) is 12.4 Å². The van der Waals surface area contributed by atoms with Crippen molar-refractivity contribution in [2.75, 3.05) is 0 Å². The zero-order valence-electron chi connectivity index (χ0n) is 14.9. The Morgan fingerprint density at radius 2 is 1.83 bits per heavy atom. The molecule has 0 saturated heterocycles. The monoisotopic (exact) mass is 350 g/mol. The zero-order valence-corrected chi connectivity index (χ0v) is 15.7. The van der Waals surface area contributed by atoms with Gasteiger partial charge >= 0.3 is 0 Å². The van der Waals surface area contributed by atoms with Gasteiger partial charge in [-0.1, -0.05) is 44.5 Å². The van der Waals surface area contributed by atoms with Gasteiger partial charge in [-0.25, -0.2) is 0 Å². The summed E-state index contributed by atoms with van der Waals surface area (Å²) in [6, 6.07) is 9.44. The van der Waals surface area contributed by atoms with E-state index in [1.54, 1.807) is 0 Å². The first-order chi connectivity index (χ1) is 11.0. The van der Waals surface area contributed by atoms with Crippen LogP contribution in [0.3, 0.4) is 0 Å². The molecule has 1 amide bonds. The third-order valence-corrected chi connectivity index (χ3v) is 5.46. The van der Waals surface area contributed by atoms with Crippen molar-refractivity contribution in [2.24, 2.45) is 11.7 Å². The minimum atomic E-state index is 0. The fourth-order valence-corrected chi connectivity index (χ4v) is 3.67. The van der Waals surface area contributed by atoms with Gasteiger partial charge in [-0.2, -0.15) is 0 Å². The fourth-order valence-electron chi connectivity index (χ4n) is 3.67. The van der Waals surface area contributed by atoms with Crippen molar-refractivity contribution < 1.29 is 4.79 Å². The molecule has 3 nitrogen and oxygen atoms in total. The maximum Gasteiger partial charge on any atom is 0.223 e. The summed E-state index contributed by atoms with van der Waals surface area (Å²) in [4.78, 5) is 14.9. The third kappa shape index (κ3) is 4.73. The molecule has 0 aromatic heterocycles. The minimum Gasteiger partial charge on any atom is -0.335 e. The van der Waals surface area contributed by atoms with Crippen LogP contribution in [-0.2, 0) is 11.3 Å². The number of nitrogens with two attached hydrogens (primary N) is 1. The van der Waals surface area contributed by atoms with Gasteiger partial charge in [0.25, 0.3) is 0 Å². The normalized spacial score (nSPS) is 23.2. The van der Waals surface area contributed by atoms with Gasteiger partial charge in [0.1, 0.15) is 0 Å².